The van der Waals surface area contributed by atoms with Crippen molar-refractivity contribution in [2.24, 2.45) is 7.05 Å². The maximum atomic E-state index is 12.2. The van der Waals surface area contributed by atoms with Crippen LogP contribution in [-0.4, -0.2) is 36.4 Å². The summed E-state index contributed by atoms with van der Waals surface area (Å²) in [5, 5.41) is 10.1. The molecule has 0 radical (unpaired) electrons. The highest BCUT2D eigenvalue weighted by Crippen LogP contribution is 2.12. The third kappa shape index (κ3) is 4.08. The van der Waals surface area contributed by atoms with Crippen LogP contribution in [0.5, 0.6) is 5.75 Å². The molecule has 1 amide bonds. The van der Waals surface area contributed by atoms with E-state index in [-0.39, 0.29) is 11.9 Å². The number of ether oxygens (including phenoxy) is 1. The maximum absolute atomic E-state index is 12.2. The van der Waals surface area contributed by atoms with Crippen LogP contribution in [0, 0.1) is 0 Å². The predicted octanol–water partition coefficient (Wildman–Crippen LogP) is 1.05. The first-order valence-electron chi connectivity index (χ1n) is 7.20. The van der Waals surface area contributed by atoms with Gasteiger partial charge in [0, 0.05) is 25.4 Å². The average molecular weight is 302 g/mol. The maximum Gasteiger partial charge on any atom is 0.241 e. The van der Waals surface area contributed by atoms with Crippen molar-refractivity contribution >= 4 is 5.91 Å². The van der Waals surface area contributed by atoms with Crippen LogP contribution >= 0.6 is 0 Å². The Morgan fingerprint density at radius 1 is 1.36 bits per heavy atom. The molecule has 1 heterocycles. The second kappa shape index (κ2) is 7.61. The number of carbonyl (C=O) groups is 1. The van der Waals surface area contributed by atoms with Crippen LogP contribution in [0.4, 0.5) is 0 Å². The zero-order valence-electron chi connectivity index (χ0n) is 13.2. The number of nitrogens with zero attached hydrogens (tertiary/aromatic N) is 2. The van der Waals surface area contributed by atoms with Crippen molar-refractivity contribution in [2.45, 2.75) is 12.5 Å². The van der Waals surface area contributed by atoms with Gasteiger partial charge in [-0.05, 0) is 31.2 Å². The Bertz CT molecular complexity index is 607. The zero-order valence-corrected chi connectivity index (χ0v) is 13.2. The fourth-order valence-electron chi connectivity index (χ4n) is 2.26. The van der Waals surface area contributed by atoms with Crippen molar-refractivity contribution in [3.8, 4) is 5.75 Å². The largest absolute Gasteiger partial charge is 0.497 e. The van der Waals surface area contributed by atoms with Gasteiger partial charge < -0.3 is 15.4 Å². The van der Waals surface area contributed by atoms with Gasteiger partial charge in [0.1, 0.15) is 11.8 Å². The normalized spacial score (nSPS) is 12.0. The number of rotatable bonds is 7. The van der Waals surface area contributed by atoms with E-state index in [1.54, 1.807) is 25.0 Å². The standard InChI is InChI=1S/C16H22N4O2/c1-17-15(13-10-19-20(2)11-13)16(21)18-9-8-12-4-6-14(22-3)7-5-12/h4-7,10-11,15,17H,8-9H2,1-3H3,(H,18,21). The number of carbonyl (C=O) groups excluding carboxylic acids is 1. The van der Waals surface area contributed by atoms with E-state index in [9.17, 15) is 4.79 Å². The monoisotopic (exact) mass is 302 g/mol. The molecule has 2 rings (SSSR count). The molecule has 0 aliphatic rings. The van der Waals surface area contributed by atoms with E-state index in [4.69, 9.17) is 4.74 Å². The fourth-order valence-corrected chi connectivity index (χ4v) is 2.26. The SMILES string of the molecule is CNC(C(=O)NCCc1ccc(OC)cc1)c1cnn(C)c1. The highest BCUT2D eigenvalue weighted by molar-refractivity contribution is 5.83. The number of likely N-dealkylation sites (N-methyl/N-ethyl adjacent to an activating group) is 1. The van der Waals surface area contributed by atoms with Crippen LogP contribution in [0.25, 0.3) is 0 Å². The summed E-state index contributed by atoms with van der Waals surface area (Å²) >= 11 is 0. The molecule has 2 aromatic rings. The molecule has 6 nitrogen and oxygen atoms in total. The Labute approximate surface area is 130 Å². The molecule has 0 aliphatic carbocycles. The van der Waals surface area contributed by atoms with Gasteiger partial charge in [-0.1, -0.05) is 12.1 Å². The van der Waals surface area contributed by atoms with Gasteiger partial charge in [-0.3, -0.25) is 9.48 Å². The Balaban J connectivity index is 1.85. The van der Waals surface area contributed by atoms with Crippen molar-refractivity contribution < 1.29 is 9.53 Å². The van der Waals surface area contributed by atoms with Crippen LogP contribution < -0.4 is 15.4 Å². The van der Waals surface area contributed by atoms with E-state index in [1.165, 1.54) is 0 Å². The molecule has 1 unspecified atom stereocenters. The third-order valence-corrected chi connectivity index (χ3v) is 3.48. The second-order valence-electron chi connectivity index (χ2n) is 5.06. The van der Waals surface area contributed by atoms with E-state index >= 15 is 0 Å². The summed E-state index contributed by atoms with van der Waals surface area (Å²) in [5.41, 5.74) is 2.01. The first-order valence-corrected chi connectivity index (χ1v) is 7.20. The van der Waals surface area contributed by atoms with Crippen molar-refractivity contribution in [3.63, 3.8) is 0 Å². The van der Waals surface area contributed by atoms with Gasteiger partial charge in [-0.15, -0.1) is 0 Å². The van der Waals surface area contributed by atoms with Crippen molar-refractivity contribution in [1.82, 2.24) is 20.4 Å². The van der Waals surface area contributed by atoms with E-state index in [2.05, 4.69) is 15.7 Å². The molecule has 2 N–H and O–H groups in total. The molecule has 0 fully saturated rings. The predicted molar refractivity (Wildman–Crippen MR) is 84.7 cm³/mol. The van der Waals surface area contributed by atoms with E-state index < -0.39 is 0 Å². The minimum Gasteiger partial charge on any atom is -0.497 e. The fraction of sp³-hybridized carbons (Fsp3) is 0.375. The molecule has 0 bridgehead atoms. The summed E-state index contributed by atoms with van der Waals surface area (Å²) in [6, 6.07) is 7.46. The van der Waals surface area contributed by atoms with Gasteiger partial charge in [-0.2, -0.15) is 5.10 Å². The highest BCUT2D eigenvalue weighted by Gasteiger charge is 2.19. The van der Waals surface area contributed by atoms with Gasteiger partial charge in [-0.25, -0.2) is 0 Å². The van der Waals surface area contributed by atoms with Gasteiger partial charge in [0.05, 0.1) is 13.3 Å². The quantitative estimate of drug-likeness (QED) is 0.802. The Kier molecular flexibility index (Phi) is 5.55. The van der Waals surface area contributed by atoms with Crippen molar-refractivity contribution in [2.75, 3.05) is 20.7 Å². The Hall–Kier alpha value is -2.34. The molecule has 0 aliphatic heterocycles. The molecule has 22 heavy (non-hydrogen) atoms. The number of aromatic nitrogens is 2. The smallest absolute Gasteiger partial charge is 0.241 e. The van der Waals surface area contributed by atoms with Crippen LogP contribution in [0.2, 0.25) is 0 Å². The molecule has 1 atom stereocenters. The van der Waals surface area contributed by atoms with Gasteiger partial charge >= 0.3 is 0 Å². The molecule has 0 saturated heterocycles. The lowest BCUT2D eigenvalue weighted by molar-refractivity contribution is -0.123. The first kappa shape index (κ1) is 16.0. The molecule has 6 heteroatoms. The van der Waals surface area contributed by atoms with Crippen LogP contribution in [0.3, 0.4) is 0 Å². The average Bonchev–Trinajstić information content (AvgIpc) is 2.95. The summed E-state index contributed by atoms with van der Waals surface area (Å²) < 4.78 is 6.81. The van der Waals surface area contributed by atoms with Crippen LogP contribution in [-0.2, 0) is 18.3 Å². The van der Waals surface area contributed by atoms with Gasteiger partial charge in [0.15, 0.2) is 0 Å². The summed E-state index contributed by atoms with van der Waals surface area (Å²) in [4.78, 5) is 12.2. The van der Waals surface area contributed by atoms with E-state index in [0.29, 0.717) is 6.54 Å². The first-order chi connectivity index (χ1) is 10.6. The van der Waals surface area contributed by atoms with E-state index in [0.717, 1.165) is 23.3 Å². The molecule has 1 aromatic carbocycles. The third-order valence-electron chi connectivity index (χ3n) is 3.48. The molecule has 1 aromatic heterocycles. The highest BCUT2D eigenvalue weighted by atomic mass is 16.5. The number of methoxy groups -OCH3 is 1. The number of hydrogen-bond donors (Lipinski definition) is 2. The number of amides is 1. The number of benzene rings is 1. The lowest BCUT2D eigenvalue weighted by Crippen LogP contribution is -2.36. The number of hydrogen-bond acceptors (Lipinski definition) is 4. The minimum absolute atomic E-state index is 0.0518. The number of aryl methyl sites for hydroxylation is 1. The molecule has 118 valence electrons. The second-order valence-corrected chi connectivity index (χ2v) is 5.06. The topological polar surface area (TPSA) is 68.2 Å². The molecule has 0 spiro atoms. The molecular formula is C16H22N4O2. The lowest BCUT2D eigenvalue weighted by atomic mass is 10.1. The van der Waals surface area contributed by atoms with Crippen LogP contribution in [0.15, 0.2) is 36.7 Å². The molecular weight excluding hydrogens is 280 g/mol. The van der Waals surface area contributed by atoms with Crippen molar-refractivity contribution in [1.29, 1.82) is 0 Å². The zero-order chi connectivity index (χ0) is 15.9. The minimum atomic E-state index is -0.385. The van der Waals surface area contributed by atoms with Crippen molar-refractivity contribution in [3.05, 3.63) is 47.8 Å². The van der Waals surface area contributed by atoms with Crippen LogP contribution in [0.1, 0.15) is 17.2 Å². The summed E-state index contributed by atoms with van der Waals surface area (Å²) in [5.74, 6) is 0.781. The summed E-state index contributed by atoms with van der Waals surface area (Å²) in [7, 11) is 5.24. The lowest BCUT2D eigenvalue weighted by Gasteiger charge is -2.14. The van der Waals surface area contributed by atoms with Gasteiger partial charge in [0.25, 0.3) is 0 Å². The Morgan fingerprint density at radius 3 is 2.64 bits per heavy atom. The summed E-state index contributed by atoms with van der Waals surface area (Å²) in [6.07, 6.45) is 4.31. The summed E-state index contributed by atoms with van der Waals surface area (Å²) in [6.45, 7) is 0.587. The van der Waals surface area contributed by atoms with Gasteiger partial charge in [0.2, 0.25) is 5.91 Å². The number of nitrogens with one attached hydrogen (secondary N) is 2. The van der Waals surface area contributed by atoms with E-state index in [1.807, 2.05) is 37.5 Å². The molecule has 0 saturated carbocycles. The Morgan fingerprint density at radius 2 is 2.09 bits per heavy atom.